The summed E-state index contributed by atoms with van der Waals surface area (Å²) in [7, 11) is 0. The molecule has 1 aromatic heterocycles. The van der Waals surface area contributed by atoms with E-state index < -0.39 is 0 Å². The molecule has 0 bridgehead atoms. The highest BCUT2D eigenvalue weighted by Gasteiger charge is 2.11. The van der Waals surface area contributed by atoms with Crippen LogP contribution in [0.15, 0.2) is 23.6 Å². The van der Waals surface area contributed by atoms with E-state index in [1.165, 1.54) is 23.0 Å². The van der Waals surface area contributed by atoms with Crippen molar-refractivity contribution in [1.82, 2.24) is 0 Å². The van der Waals surface area contributed by atoms with E-state index in [4.69, 9.17) is 0 Å². The van der Waals surface area contributed by atoms with Gasteiger partial charge in [-0.05, 0) is 34.7 Å². The maximum Gasteiger partial charge on any atom is 0.140 e. The van der Waals surface area contributed by atoms with Gasteiger partial charge in [-0.2, -0.15) is 0 Å². The molecule has 0 N–H and O–H groups in total. The molecule has 1 atom stereocenters. The van der Waals surface area contributed by atoms with Crippen molar-refractivity contribution >= 4 is 21.4 Å². The molecule has 14 heavy (non-hydrogen) atoms. The van der Waals surface area contributed by atoms with E-state index in [9.17, 15) is 4.39 Å². The fourth-order valence-electron chi connectivity index (χ4n) is 1.64. The van der Waals surface area contributed by atoms with Gasteiger partial charge in [0.15, 0.2) is 0 Å². The van der Waals surface area contributed by atoms with Crippen LogP contribution in [0.4, 0.5) is 4.39 Å². The molecule has 2 aromatic rings. The Morgan fingerprint density at radius 2 is 2.21 bits per heavy atom. The number of benzene rings is 1. The lowest BCUT2D eigenvalue weighted by Crippen LogP contribution is -1.88. The van der Waals surface area contributed by atoms with Crippen LogP contribution in [-0.4, -0.2) is 0 Å². The molecule has 0 amide bonds. The Balaban J connectivity index is 2.63. The lowest BCUT2D eigenvalue weighted by Gasteiger charge is -2.06. The van der Waals surface area contributed by atoms with Crippen molar-refractivity contribution < 1.29 is 4.39 Å². The van der Waals surface area contributed by atoms with Gasteiger partial charge in [0.25, 0.3) is 0 Å². The molecule has 0 aliphatic carbocycles. The van der Waals surface area contributed by atoms with Crippen LogP contribution in [0.2, 0.25) is 0 Å². The summed E-state index contributed by atoms with van der Waals surface area (Å²) >= 11 is 1.51. The van der Waals surface area contributed by atoms with Crippen molar-refractivity contribution in [3.63, 3.8) is 0 Å². The number of hydrogen-bond donors (Lipinski definition) is 0. The van der Waals surface area contributed by atoms with Crippen molar-refractivity contribution in [3.05, 3.63) is 35.0 Å². The number of halogens is 1. The van der Waals surface area contributed by atoms with Crippen LogP contribution in [0.5, 0.6) is 0 Å². The van der Waals surface area contributed by atoms with Crippen molar-refractivity contribution in [3.8, 4) is 0 Å². The second-order valence-corrected chi connectivity index (χ2v) is 4.50. The molecule has 0 aliphatic rings. The van der Waals surface area contributed by atoms with Gasteiger partial charge in [0, 0.05) is 0 Å². The second-order valence-electron chi connectivity index (χ2n) is 3.62. The fourth-order valence-corrected chi connectivity index (χ4v) is 2.74. The minimum atomic E-state index is -0.0953. The topological polar surface area (TPSA) is 0 Å². The van der Waals surface area contributed by atoms with Gasteiger partial charge < -0.3 is 0 Å². The minimum absolute atomic E-state index is 0.0953. The lowest BCUT2D eigenvalue weighted by molar-refractivity contribution is 0.641. The SMILES string of the molecule is CCC(C)c1csc2c(F)cccc12. The Kier molecular flexibility index (Phi) is 2.55. The van der Waals surface area contributed by atoms with Crippen LogP contribution in [0, 0.1) is 5.82 Å². The molecule has 1 aromatic carbocycles. The molecule has 2 rings (SSSR count). The van der Waals surface area contributed by atoms with Gasteiger partial charge in [0.1, 0.15) is 5.82 Å². The number of hydrogen-bond acceptors (Lipinski definition) is 1. The van der Waals surface area contributed by atoms with E-state index >= 15 is 0 Å². The van der Waals surface area contributed by atoms with Gasteiger partial charge in [0.2, 0.25) is 0 Å². The Morgan fingerprint density at radius 3 is 2.93 bits per heavy atom. The zero-order valence-corrected chi connectivity index (χ0v) is 9.20. The first-order valence-electron chi connectivity index (χ1n) is 4.89. The summed E-state index contributed by atoms with van der Waals surface area (Å²) in [6.07, 6.45) is 1.10. The first-order chi connectivity index (χ1) is 6.74. The van der Waals surface area contributed by atoms with Crippen molar-refractivity contribution in [2.45, 2.75) is 26.2 Å². The summed E-state index contributed by atoms with van der Waals surface area (Å²) in [5.74, 6) is 0.424. The fraction of sp³-hybridized carbons (Fsp3) is 0.333. The summed E-state index contributed by atoms with van der Waals surface area (Å²) in [6, 6.07) is 5.33. The average molecular weight is 208 g/mol. The summed E-state index contributed by atoms with van der Waals surface area (Å²) < 4.78 is 14.2. The number of fused-ring (bicyclic) bond motifs is 1. The van der Waals surface area contributed by atoms with Crippen molar-refractivity contribution in [1.29, 1.82) is 0 Å². The zero-order chi connectivity index (χ0) is 10.1. The minimum Gasteiger partial charge on any atom is -0.205 e. The third-order valence-electron chi connectivity index (χ3n) is 2.73. The zero-order valence-electron chi connectivity index (χ0n) is 8.38. The summed E-state index contributed by atoms with van der Waals surface area (Å²) in [6.45, 7) is 4.35. The molecule has 0 nitrogen and oxygen atoms in total. The van der Waals surface area contributed by atoms with Crippen molar-refractivity contribution in [2.24, 2.45) is 0 Å². The largest absolute Gasteiger partial charge is 0.205 e. The molecular weight excluding hydrogens is 195 g/mol. The summed E-state index contributed by atoms with van der Waals surface area (Å²) in [4.78, 5) is 0. The van der Waals surface area contributed by atoms with Gasteiger partial charge in [-0.3, -0.25) is 0 Å². The van der Waals surface area contributed by atoms with Crippen LogP contribution < -0.4 is 0 Å². The molecule has 0 saturated heterocycles. The van der Waals surface area contributed by atoms with Crippen LogP contribution in [-0.2, 0) is 0 Å². The first-order valence-corrected chi connectivity index (χ1v) is 5.77. The number of rotatable bonds is 2. The highest BCUT2D eigenvalue weighted by Crippen LogP contribution is 2.33. The predicted octanol–water partition coefficient (Wildman–Crippen LogP) is 4.55. The normalized spacial score (nSPS) is 13.4. The Hall–Kier alpha value is -0.890. The van der Waals surface area contributed by atoms with Crippen LogP contribution >= 0.6 is 11.3 Å². The predicted molar refractivity (Wildman–Crippen MR) is 60.5 cm³/mol. The van der Waals surface area contributed by atoms with E-state index in [1.807, 2.05) is 6.07 Å². The van der Waals surface area contributed by atoms with Crippen LogP contribution in [0.25, 0.3) is 10.1 Å². The van der Waals surface area contributed by atoms with Gasteiger partial charge >= 0.3 is 0 Å². The van der Waals surface area contributed by atoms with Crippen molar-refractivity contribution in [2.75, 3.05) is 0 Å². The average Bonchev–Trinajstić information content (AvgIpc) is 2.62. The maximum atomic E-state index is 13.4. The third-order valence-corrected chi connectivity index (χ3v) is 3.75. The molecule has 1 heterocycles. The third kappa shape index (κ3) is 1.44. The van der Waals surface area contributed by atoms with Gasteiger partial charge in [-0.1, -0.05) is 26.0 Å². The highest BCUT2D eigenvalue weighted by atomic mass is 32.1. The molecule has 0 spiro atoms. The first kappa shape index (κ1) is 9.66. The Morgan fingerprint density at radius 1 is 1.43 bits per heavy atom. The van der Waals surface area contributed by atoms with Gasteiger partial charge in [0.05, 0.1) is 4.70 Å². The summed E-state index contributed by atoms with van der Waals surface area (Å²) in [5, 5.41) is 3.17. The molecule has 0 aliphatic heterocycles. The van der Waals surface area contributed by atoms with Crippen LogP contribution in [0.3, 0.4) is 0 Å². The molecule has 2 heteroatoms. The molecule has 0 fully saturated rings. The highest BCUT2D eigenvalue weighted by molar-refractivity contribution is 7.17. The molecular formula is C12H13FS. The van der Waals surface area contributed by atoms with Gasteiger partial charge in [-0.15, -0.1) is 11.3 Å². The standard InChI is InChI=1S/C12H13FS/c1-3-8(2)10-7-14-12-9(10)5-4-6-11(12)13/h4-8H,3H2,1-2H3. The maximum absolute atomic E-state index is 13.4. The lowest BCUT2D eigenvalue weighted by atomic mass is 9.98. The van der Waals surface area contributed by atoms with Crippen LogP contribution in [0.1, 0.15) is 31.7 Å². The number of thiophene rings is 1. The van der Waals surface area contributed by atoms with E-state index in [1.54, 1.807) is 6.07 Å². The molecule has 0 radical (unpaired) electrons. The smallest absolute Gasteiger partial charge is 0.140 e. The molecule has 0 saturated carbocycles. The molecule has 1 unspecified atom stereocenters. The second kappa shape index (κ2) is 3.70. The Bertz CT molecular complexity index is 445. The quantitative estimate of drug-likeness (QED) is 0.679. The Labute approximate surface area is 87.4 Å². The van der Waals surface area contributed by atoms with Gasteiger partial charge in [-0.25, -0.2) is 4.39 Å². The van der Waals surface area contributed by atoms with E-state index in [0.717, 1.165) is 16.5 Å². The summed E-state index contributed by atoms with van der Waals surface area (Å²) in [5.41, 5.74) is 1.28. The monoisotopic (exact) mass is 208 g/mol. The van der Waals surface area contributed by atoms with E-state index in [0.29, 0.717) is 5.92 Å². The van der Waals surface area contributed by atoms with E-state index in [-0.39, 0.29) is 5.82 Å². The molecule has 74 valence electrons. The van der Waals surface area contributed by atoms with E-state index in [2.05, 4.69) is 19.2 Å².